The van der Waals surface area contributed by atoms with Crippen molar-refractivity contribution in [3.63, 3.8) is 0 Å². The van der Waals surface area contributed by atoms with Gasteiger partial charge in [0.05, 0.1) is 86.5 Å². The number of aldehydes is 5. The minimum Gasteiger partial charge on any atom is -0.466 e. The van der Waals surface area contributed by atoms with Crippen molar-refractivity contribution in [1.82, 2.24) is 0 Å². The Morgan fingerprint density at radius 3 is 0.946 bits per heavy atom. The molecule has 0 aliphatic carbocycles. The maximum atomic E-state index is 12.1. The van der Waals surface area contributed by atoms with Gasteiger partial charge in [0.25, 0.3) is 0 Å². The molecule has 16 unspecified atom stereocenters. The molecule has 0 spiro atoms. The Labute approximate surface area is 431 Å². The molecule has 5 saturated heterocycles. The molecular formula is C55H70O19. The van der Waals surface area contributed by atoms with Gasteiger partial charge in [-0.25, -0.2) is 0 Å². The number of fused-ring (bicyclic) bond motifs is 10. The van der Waals surface area contributed by atoms with Crippen molar-refractivity contribution in [3.8, 4) is 0 Å². The van der Waals surface area contributed by atoms with Crippen LogP contribution in [0.3, 0.4) is 0 Å². The fourth-order valence-corrected chi connectivity index (χ4v) is 10.7. The van der Waals surface area contributed by atoms with E-state index >= 15 is 0 Å². The summed E-state index contributed by atoms with van der Waals surface area (Å²) in [5.41, 5.74) is -4.23. The first-order valence-corrected chi connectivity index (χ1v) is 25.8. The largest absolute Gasteiger partial charge is 0.466 e. The summed E-state index contributed by atoms with van der Waals surface area (Å²) in [6, 6.07) is 0. The molecule has 10 bridgehead atoms. The average Bonchev–Trinajstić information content (AvgIpc) is 4.30. The molecule has 19 nitrogen and oxygen atoms in total. The predicted molar refractivity (Wildman–Crippen MR) is 259 cm³/mol. The van der Waals surface area contributed by atoms with Crippen molar-refractivity contribution in [1.29, 1.82) is 0 Å². The summed E-state index contributed by atoms with van der Waals surface area (Å²) in [5, 5.41) is 0. The molecule has 0 aromatic carbocycles. The van der Waals surface area contributed by atoms with Crippen molar-refractivity contribution in [3.05, 3.63) is 60.8 Å². The van der Waals surface area contributed by atoms with E-state index in [-0.39, 0.29) is 89.8 Å². The van der Waals surface area contributed by atoms with Crippen LogP contribution < -0.4 is 0 Å². The van der Waals surface area contributed by atoms with Crippen molar-refractivity contribution < 1.29 is 90.6 Å². The van der Waals surface area contributed by atoms with E-state index in [1.807, 2.05) is 6.08 Å². The predicted octanol–water partition coefficient (Wildman–Crippen LogP) is 4.53. The molecule has 0 aromatic heterocycles. The number of ether oxygens (including phenoxy) is 9. The maximum absolute atomic E-state index is 12.1. The van der Waals surface area contributed by atoms with Gasteiger partial charge < -0.3 is 42.6 Å². The van der Waals surface area contributed by atoms with Gasteiger partial charge in [-0.05, 0) is 76.8 Å². The van der Waals surface area contributed by atoms with Gasteiger partial charge in [0.2, 0.25) is 0 Å². The third-order valence-electron chi connectivity index (χ3n) is 14.9. The van der Waals surface area contributed by atoms with Crippen LogP contribution in [-0.4, -0.2) is 146 Å². The van der Waals surface area contributed by atoms with E-state index in [4.69, 9.17) is 42.6 Å². The summed E-state index contributed by atoms with van der Waals surface area (Å²) in [5.74, 6) is -1.88. The number of hydrogen-bond acceptors (Lipinski definition) is 19. The van der Waals surface area contributed by atoms with Gasteiger partial charge in [-0.2, -0.15) is 0 Å². The SMILES string of the molecule is CC(=O)C1CC2(C=O)C=CC1O2.CCCCC(CC)COC(=O)C1CC2(C=O)C=CC1O2.CCOC(=O)C1CC2(C=O)C=CC1O2.CCOC(=O)C1CC2(C=O)C=CC1O2.CCOC(=O)C1CC2(C=O)C=CC1O2. The maximum Gasteiger partial charge on any atom is 0.312 e. The van der Waals surface area contributed by atoms with Crippen LogP contribution >= 0.6 is 0 Å². The molecule has 19 heteroatoms. The first-order chi connectivity index (χ1) is 35.4. The Balaban J connectivity index is 0.000000152. The fraction of sp³-hybridized carbons (Fsp3) is 0.636. The van der Waals surface area contributed by atoms with E-state index in [1.165, 1.54) is 6.42 Å². The molecule has 404 valence electrons. The highest BCUT2D eigenvalue weighted by Gasteiger charge is 2.55. The summed E-state index contributed by atoms with van der Waals surface area (Å²) in [6.07, 6.45) is 26.8. The van der Waals surface area contributed by atoms with Gasteiger partial charge >= 0.3 is 23.9 Å². The monoisotopic (exact) mass is 1030 g/mol. The Bertz CT molecular complexity index is 2120. The summed E-state index contributed by atoms with van der Waals surface area (Å²) in [6.45, 7) is 12.7. The zero-order chi connectivity index (χ0) is 53.9. The van der Waals surface area contributed by atoms with Gasteiger partial charge in [0, 0.05) is 25.7 Å². The van der Waals surface area contributed by atoms with Crippen molar-refractivity contribution >= 4 is 61.1 Å². The average molecular weight is 1040 g/mol. The quantitative estimate of drug-likeness (QED) is 0.0745. The normalized spacial score (nSPS) is 37.7. The molecule has 10 aliphatic heterocycles. The molecule has 0 radical (unpaired) electrons. The number of carbonyl (C=O) groups excluding carboxylic acids is 10. The van der Waals surface area contributed by atoms with Crippen molar-refractivity contribution in [2.24, 2.45) is 35.5 Å². The number of carbonyl (C=O) groups is 10. The van der Waals surface area contributed by atoms with Crippen LogP contribution in [0.15, 0.2) is 60.8 Å². The molecule has 74 heavy (non-hydrogen) atoms. The second kappa shape index (κ2) is 24.8. The highest BCUT2D eigenvalue weighted by molar-refractivity contribution is 5.83. The fourth-order valence-electron chi connectivity index (χ4n) is 10.7. The molecule has 5 fully saturated rings. The Morgan fingerprint density at radius 2 is 0.730 bits per heavy atom. The lowest BCUT2D eigenvalue weighted by Gasteiger charge is -2.19. The highest BCUT2D eigenvalue weighted by atomic mass is 16.6. The highest BCUT2D eigenvalue weighted by Crippen LogP contribution is 2.45. The molecule has 0 N–H and O–H groups in total. The van der Waals surface area contributed by atoms with E-state index in [0.29, 0.717) is 64.4 Å². The van der Waals surface area contributed by atoms with Gasteiger partial charge in [-0.15, -0.1) is 0 Å². The van der Waals surface area contributed by atoms with Crippen LogP contribution in [0.2, 0.25) is 0 Å². The zero-order valence-corrected chi connectivity index (χ0v) is 43.0. The Kier molecular flexibility index (Phi) is 19.4. The lowest BCUT2D eigenvalue weighted by molar-refractivity contribution is -0.151. The molecule has 0 amide bonds. The first kappa shape index (κ1) is 57.7. The number of hydrogen-bond donors (Lipinski definition) is 0. The topological polar surface area (TPSA) is 254 Å². The van der Waals surface area contributed by atoms with E-state index < -0.39 is 28.0 Å². The number of ketones is 1. The summed E-state index contributed by atoms with van der Waals surface area (Å²) >= 11 is 0. The minimum atomic E-state index is -0.874. The van der Waals surface area contributed by atoms with Gasteiger partial charge in [0.15, 0.2) is 31.4 Å². The minimum absolute atomic E-state index is 0.105. The standard InChI is InChI=1S/C16H24O4.3C10H12O4.C9H10O3/c1-3-5-6-12(4-2)10-19-15(18)13-9-16(11-17)8-7-14(13)20-16;3*1-2-13-9(12)7-5-10(6-11)4-3-8(7)14-10;1-6(11)7-4-9(5-10)3-2-8(7)12-9/h7-8,11-14H,3-6,9-10H2,1-2H3;3*3-4,6-8H,2,5H2,1H3;2-3,5,7-8H,4H2,1H3. The lowest BCUT2D eigenvalue weighted by atomic mass is 9.85. The molecule has 16 atom stereocenters. The molecule has 10 aliphatic rings. The first-order valence-electron chi connectivity index (χ1n) is 25.8. The van der Waals surface area contributed by atoms with Crippen LogP contribution in [-0.2, 0) is 90.6 Å². The number of esters is 4. The molecule has 10 heterocycles. The van der Waals surface area contributed by atoms with E-state index in [1.54, 1.807) is 82.4 Å². The number of unbranched alkanes of at least 4 members (excludes halogenated alkanes) is 1. The number of Topliss-reactive ketones (excluding diaryl/α,β-unsaturated/α-hetero) is 1. The van der Waals surface area contributed by atoms with Gasteiger partial charge in [-0.3, -0.25) is 47.9 Å². The molecule has 0 saturated carbocycles. The third kappa shape index (κ3) is 12.7. The van der Waals surface area contributed by atoms with E-state index in [2.05, 4.69) is 13.8 Å². The van der Waals surface area contributed by atoms with Crippen molar-refractivity contribution in [2.45, 2.75) is 158 Å². The van der Waals surface area contributed by atoms with Gasteiger partial charge in [0.1, 0.15) is 33.8 Å². The molecule has 0 aromatic rings. The Hall–Kier alpha value is -5.60. The van der Waals surface area contributed by atoms with Crippen LogP contribution in [0.1, 0.15) is 99.3 Å². The van der Waals surface area contributed by atoms with Crippen LogP contribution in [0.25, 0.3) is 0 Å². The lowest BCUT2D eigenvalue weighted by Crippen LogP contribution is -2.29. The number of rotatable bonds is 19. The van der Waals surface area contributed by atoms with E-state index in [0.717, 1.165) is 50.7 Å². The molecular weight excluding hydrogens is 965 g/mol. The van der Waals surface area contributed by atoms with Crippen LogP contribution in [0.5, 0.6) is 0 Å². The summed E-state index contributed by atoms with van der Waals surface area (Å²) in [7, 11) is 0. The smallest absolute Gasteiger partial charge is 0.312 e. The summed E-state index contributed by atoms with van der Waals surface area (Å²) in [4.78, 5) is 112. The van der Waals surface area contributed by atoms with E-state index in [9.17, 15) is 47.9 Å². The van der Waals surface area contributed by atoms with Crippen molar-refractivity contribution in [2.75, 3.05) is 26.4 Å². The second-order valence-corrected chi connectivity index (χ2v) is 20.0. The van der Waals surface area contributed by atoms with Gasteiger partial charge in [-0.1, -0.05) is 63.5 Å². The van der Waals surface area contributed by atoms with Crippen LogP contribution in [0, 0.1) is 35.5 Å². The zero-order valence-electron chi connectivity index (χ0n) is 43.0. The Morgan fingerprint density at radius 1 is 0.459 bits per heavy atom. The summed E-state index contributed by atoms with van der Waals surface area (Å²) < 4.78 is 47.3. The second-order valence-electron chi connectivity index (χ2n) is 20.0. The third-order valence-corrected chi connectivity index (χ3v) is 14.9. The molecule has 10 rings (SSSR count). The van der Waals surface area contributed by atoms with Crippen LogP contribution in [0.4, 0.5) is 0 Å².